The molecule has 4 amide bonds. The van der Waals surface area contributed by atoms with Crippen molar-refractivity contribution in [3.05, 3.63) is 53.6 Å². The molecule has 168 valence electrons. The van der Waals surface area contributed by atoms with E-state index < -0.39 is 30.1 Å². The van der Waals surface area contributed by atoms with Crippen LogP contribution in [-0.2, 0) is 9.53 Å². The summed E-state index contributed by atoms with van der Waals surface area (Å²) in [7, 11) is 0. The zero-order valence-electron chi connectivity index (χ0n) is 17.7. The highest BCUT2D eigenvalue weighted by atomic mass is 16.6. The second kappa shape index (κ2) is 7.33. The molecule has 0 spiro atoms. The molecule has 6 rings (SSSR count). The van der Waals surface area contributed by atoms with E-state index in [1.54, 1.807) is 47.4 Å². The Labute approximate surface area is 189 Å². The molecule has 2 saturated heterocycles. The number of anilines is 2. The number of fused-ring (bicyclic) bond motifs is 4. The summed E-state index contributed by atoms with van der Waals surface area (Å²) in [5.74, 6) is -0.201. The lowest BCUT2D eigenvalue weighted by molar-refractivity contribution is -0.119. The molecule has 0 radical (unpaired) electrons. The van der Waals surface area contributed by atoms with Crippen molar-refractivity contribution in [3.63, 3.8) is 0 Å². The molecular formula is C24H21N3O6. The minimum Gasteiger partial charge on any atom is -0.489 e. The number of carbonyl (C=O) groups excluding carboxylic acids is 4. The first-order chi connectivity index (χ1) is 16.0. The lowest BCUT2D eigenvalue weighted by atomic mass is 10.1. The number of hydrogen-bond donors (Lipinski definition) is 0. The summed E-state index contributed by atoms with van der Waals surface area (Å²) >= 11 is 0. The van der Waals surface area contributed by atoms with Crippen LogP contribution in [0.2, 0.25) is 0 Å². The molecule has 4 aliphatic heterocycles. The maximum atomic E-state index is 12.8. The molecule has 0 aliphatic carbocycles. The first-order valence-corrected chi connectivity index (χ1v) is 11.1. The first kappa shape index (κ1) is 19.8. The summed E-state index contributed by atoms with van der Waals surface area (Å²) in [4.78, 5) is 54.9. The molecule has 4 heterocycles. The minimum atomic E-state index is -0.712. The Balaban J connectivity index is 1.24. The van der Waals surface area contributed by atoms with E-state index >= 15 is 0 Å². The number of nitrogens with zero attached hydrogens (tertiary/aromatic N) is 3. The maximum absolute atomic E-state index is 12.8. The number of ether oxygens (including phenoxy) is 2. The van der Waals surface area contributed by atoms with Gasteiger partial charge in [-0.2, -0.15) is 0 Å². The highest BCUT2D eigenvalue weighted by Crippen LogP contribution is 2.41. The van der Waals surface area contributed by atoms with Crippen LogP contribution in [0.5, 0.6) is 5.75 Å². The minimum absolute atomic E-state index is 0.0433. The van der Waals surface area contributed by atoms with Crippen LogP contribution in [0.1, 0.15) is 40.0 Å². The zero-order chi connectivity index (χ0) is 22.7. The lowest BCUT2D eigenvalue weighted by Gasteiger charge is -2.33. The molecule has 0 N–H and O–H groups in total. The molecule has 4 aliphatic rings. The van der Waals surface area contributed by atoms with Gasteiger partial charge >= 0.3 is 6.09 Å². The van der Waals surface area contributed by atoms with Crippen molar-refractivity contribution in [2.24, 2.45) is 0 Å². The van der Waals surface area contributed by atoms with Crippen LogP contribution in [0.15, 0.2) is 42.5 Å². The molecule has 0 saturated carbocycles. The molecule has 2 fully saturated rings. The van der Waals surface area contributed by atoms with Crippen molar-refractivity contribution in [3.8, 4) is 5.75 Å². The van der Waals surface area contributed by atoms with E-state index in [9.17, 15) is 19.2 Å². The van der Waals surface area contributed by atoms with Crippen molar-refractivity contribution in [1.29, 1.82) is 0 Å². The SMILES string of the molecule is O=C1c2ccccc2C(=O)N1C[C@@H]1OC(=O)N2c3ccc(N4CCCCC4=O)cc3OC[C@@H]12. The Morgan fingerprint density at radius 2 is 1.70 bits per heavy atom. The van der Waals surface area contributed by atoms with E-state index in [0.717, 1.165) is 23.4 Å². The molecule has 0 unspecified atom stereocenters. The zero-order valence-corrected chi connectivity index (χ0v) is 17.7. The number of imide groups is 1. The summed E-state index contributed by atoms with van der Waals surface area (Å²) in [5.41, 5.74) is 2.00. The van der Waals surface area contributed by atoms with Crippen molar-refractivity contribution in [1.82, 2.24) is 4.90 Å². The van der Waals surface area contributed by atoms with Gasteiger partial charge in [-0.1, -0.05) is 12.1 Å². The number of piperidine rings is 1. The van der Waals surface area contributed by atoms with E-state index in [2.05, 4.69) is 0 Å². The second-order valence-electron chi connectivity index (χ2n) is 8.59. The van der Waals surface area contributed by atoms with Crippen LogP contribution in [-0.4, -0.2) is 60.6 Å². The summed E-state index contributed by atoms with van der Waals surface area (Å²) in [6, 6.07) is 11.5. The molecule has 9 nitrogen and oxygen atoms in total. The highest BCUT2D eigenvalue weighted by molar-refractivity contribution is 6.21. The van der Waals surface area contributed by atoms with Gasteiger partial charge in [-0.15, -0.1) is 0 Å². The molecule has 33 heavy (non-hydrogen) atoms. The van der Waals surface area contributed by atoms with E-state index in [4.69, 9.17) is 9.47 Å². The van der Waals surface area contributed by atoms with Crippen molar-refractivity contribution < 1.29 is 28.7 Å². The Morgan fingerprint density at radius 1 is 0.939 bits per heavy atom. The predicted octanol–water partition coefficient (Wildman–Crippen LogP) is 2.59. The van der Waals surface area contributed by atoms with E-state index in [1.807, 2.05) is 0 Å². The van der Waals surface area contributed by atoms with E-state index in [0.29, 0.717) is 35.5 Å². The highest BCUT2D eigenvalue weighted by Gasteiger charge is 2.49. The average molecular weight is 447 g/mol. The van der Waals surface area contributed by atoms with Gasteiger partial charge in [-0.25, -0.2) is 4.79 Å². The smallest absolute Gasteiger partial charge is 0.415 e. The molecule has 2 aromatic carbocycles. The standard InChI is InChI=1S/C24H21N3O6/c28-21-7-3-4-10-25(21)14-8-9-17-19(11-14)32-13-18-20(33-24(31)27(17)18)12-26-22(29)15-5-1-2-6-16(15)23(26)30/h1-2,5-6,8-9,11,18,20H,3-4,7,10,12-13H2/t18-,20-/m0/s1. The normalized spacial score (nSPS) is 23.8. The number of carbonyl (C=O) groups is 4. The fourth-order valence-corrected chi connectivity index (χ4v) is 5.01. The number of cyclic esters (lactones) is 1. The van der Waals surface area contributed by atoms with E-state index in [-0.39, 0.29) is 19.1 Å². The summed E-state index contributed by atoms with van der Waals surface area (Å²) in [6.07, 6.45) is 1.11. The maximum Gasteiger partial charge on any atom is 0.415 e. The number of rotatable bonds is 3. The van der Waals surface area contributed by atoms with Crippen LogP contribution < -0.4 is 14.5 Å². The third kappa shape index (κ3) is 2.99. The van der Waals surface area contributed by atoms with Gasteiger partial charge in [0.15, 0.2) is 0 Å². The van der Waals surface area contributed by atoms with Gasteiger partial charge in [0, 0.05) is 24.7 Å². The Bertz CT molecular complexity index is 1180. The topological polar surface area (TPSA) is 96.5 Å². The quantitative estimate of drug-likeness (QED) is 0.671. The molecule has 0 bridgehead atoms. The van der Waals surface area contributed by atoms with Gasteiger partial charge in [0.2, 0.25) is 5.91 Å². The van der Waals surface area contributed by atoms with Gasteiger partial charge in [-0.3, -0.25) is 24.2 Å². The predicted molar refractivity (Wildman–Crippen MR) is 116 cm³/mol. The number of hydrogen-bond acceptors (Lipinski definition) is 6. The van der Waals surface area contributed by atoms with Crippen LogP contribution in [0.4, 0.5) is 16.2 Å². The van der Waals surface area contributed by atoms with Crippen LogP contribution in [0.3, 0.4) is 0 Å². The molecule has 0 aromatic heterocycles. The van der Waals surface area contributed by atoms with Crippen molar-refractivity contribution in [2.45, 2.75) is 31.4 Å². The van der Waals surface area contributed by atoms with Crippen LogP contribution in [0, 0.1) is 0 Å². The Morgan fingerprint density at radius 3 is 2.42 bits per heavy atom. The summed E-state index contributed by atoms with van der Waals surface area (Å²) in [6.45, 7) is 0.774. The third-order valence-corrected chi connectivity index (χ3v) is 6.70. The van der Waals surface area contributed by atoms with Gasteiger partial charge < -0.3 is 14.4 Å². The van der Waals surface area contributed by atoms with Gasteiger partial charge in [-0.05, 0) is 37.1 Å². The van der Waals surface area contributed by atoms with Crippen LogP contribution in [0.25, 0.3) is 0 Å². The van der Waals surface area contributed by atoms with Crippen molar-refractivity contribution in [2.75, 3.05) is 29.5 Å². The summed E-state index contributed by atoms with van der Waals surface area (Å²) < 4.78 is 11.5. The Hall–Kier alpha value is -3.88. The molecular weight excluding hydrogens is 426 g/mol. The molecule has 9 heteroatoms. The monoisotopic (exact) mass is 447 g/mol. The first-order valence-electron chi connectivity index (χ1n) is 11.1. The fraction of sp³-hybridized carbons (Fsp3) is 0.333. The Kier molecular flexibility index (Phi) is 4.39. The van der Waals surface area contributed by atoms with Crippen LogP contribution >= 0.6 is 0 Å². The number of amides is 4. The third-order valence-electron chi connectivity index (χ3n) is 6.70. The average Bonchev–Trinajstić information content (AvgIpc) is 3.28. The largest absolute Gasteiger partial charge is 0.489 e. The van der Waals surface area contributed by atoms with Gasteiger partial charge in [0.25, 0.3) is 11.8 Å². The van der Waals surface area contributed by atoms with E-state index in [1.165, 1.54) is 4.90 Å². The number of benzene rings is 2. The van der Waals surface area contributed by atoms with Gasteiger partial charge in [0.1, 0.15) is 24.5 Å². The van der Waals surface area contributed by atoms with Gasteiger partial charge in [0.05, 0.1) is 23.4 Å². The second-order valence-corrected chi connectivity index (χ2v) is 8.59. The molecule has 2 atom stereocenters. The fourth-order valence-electron chi connectivity index (χ4n) is 5.01. The van der Waals surface area contributed by atoms with Crippen molar-refractivity contribution >= 4 is 35.2 Å². The lowest BCUT2D eigenvalue weighted by Crippen LogP contribution is -2.49. The molecule has 2 aromatic rings. The summed E-state index contributed by atoms with van der Waals surface area (Å²) in [5, 5.41) is 0.